The quantitative estimate of drug-likeness (QED) is 0.247. The van der Waals surface area contributed by atoms with Gasteiger partial charge in [-0.15, -0.1) is 0 Å². The predicted octanol–water partition coefficient (Wildman–Crippen LogP) is 1.72. The summed E-state index contributed by atoms with van der Waals surface area (Å²) in [5.74, 6) is -1.22. The van der Waals surface area contributed by atoms with Crippen LogP contribution in [0, 0.1) is 0 Å². The molecule has 0 saturated heterocycles. The van der Waals surface area contributed by atoms with Gasteiger partial charge in [-0.25, -0.2) is 0 Å². The molecule has 1 heterocycles. The predicted molar refractivity (Wildman–Crippen MR) is 130 cm³/mol. The van der Waals surface area contributed by atoms with Crippen molar-refractivity contribution >= 4 is 47.4 Å². The SMILES string of the molecule is CC1=[N+](CCCS(=O)(=O)O)c2ccc(N(CCCS(=O)(=O)O)CCCS(=O)(=O)O)cc2C1(C)C. The number of nitrogens with zero attached hydrogens (tertiary/aromatic N) is 2. The molecule has 0 aromatic heterocycles. The lowest BCUT2D eigenvalue weighted by Gasteiger charge is -2.26. The first-order valence-electron chi connectivity index (χ1n) is 10.8. The Bertz CT molecular complexity index is 1210. The molecular formula is C20H33N2O9S3+. The molecule has 3 N–H and O–H groups in total. The lowest BCUT2D eigenvalue weighted by atomic mass is 9.82. The molecule has 14 heteroatoms. The largest absolute Gasteiger partial charge is 0.371 e. The highest BCUT2D eigenvalue weighted by Gasteiger charge is 2.43. The Morgan fingerprint density at radius 1 is 0.824 bits per heavy atom. The van der Waals surface area contributed by atoms with E-state index in [-0.39, 0.29) is 38.1 Å². The van der Waals surface area contributed by atoms with E-state index in [9.17, 15) is 25.3 Å². The summed E-state index contributed by atoms with van der Waals surface area (Å²) in [7, 11) is -12.3. The topological polar surface area (TPSA) is 169 Å². The summed E-state index contributed by atoms with van der Waals surface area (Å²) in [6, 6.07) is 5.61. The van der Waals surface area contributed by atoms with Crippen LogP contribution in [0.25, 0.3) is 0 Å². The molecule has 0 amide bonds. The van der Waals surface area contributed by atoms with Crippen LogP contribution in [0.5, 0.6) is 0 Å². The zero-order valence-electron chi connectivity index (χ0n) is 19.5. The van der Waals surface area contributed by atoms with Gasteiger partial charge in [0.1, 0.15) is 6.54 Å². The highest BCUT2D eigenvalue weighted by atomic mass is 32.2. The molecule has 1 aromatic rings. The van der Waals surface area contributed by atoms with Crippen LogP contribution in [0.15, 0.2) is 18.2 Å². The number of hydrogen-bond donors (Lipinski definition) is 3. The Morgan fingerprint density at radius 2 is 1.29 bits per heavy atom. The molecule has 2 rings (SSSR count). The maximum Gasteiger partial charge on any atom is 0.265 e. The fourth-order valence-corrected chi connectivity index (χ4v) is 5.59. The molecule has 0 saturated carbocycles. The first kappa shape index (κ1) is 28.7. The van der Waals surface area contributed by atoms with E-state index < -0.39 is 47.3 Å². The zero-order valence-corrected chi connectivity index (χ0v) is 22.0. The summed E-state index contributed by atoms with van der Waals surface area (Å²) in [5, 5.41) is 0. The molecule has 0 spiro atoms. The van der Waals surface area contributed by atoms with E-state index in [0.717, 1.165) is 22.6 Å². The Kier molecular flexibility index (Phi) is 8.92. The Morgan fingerprint density at radius 3 is 1.76 bits per heavy atom. The van der Waals surface area contributed by atoms with Crippen molar-refractivity contribution in [2.75, 3.05) is 41.8 Å². The van der Waals surface area contributed by atoms with Crippen molar-refractivity contribution in [2.45, 2.75) is 45.4 Å². The molecule has 0 aliphatic carbocycles. The average molecular weight is 542 g/mol. The molecule has 1 aliphatic heterocycles. The van der Waals surface area contributed by atoms with Gasteiger partial charge < -0.3 is 4.90 Å². The van der Waals surface area contributed by atoms with Crippen LogP contribution in [0.2, 0.25) is 0 Å². The Hall–Kier alpha value is -1.58. The molecule has 0 fully saturated rings. The van der Waals surface area contributed by atoms with E-state index in [1.165, 1.54) is 0 Å². The van der Waals surface area contributed by atoms with Crippen LogP contribution in [-0.4, -0.2) is 86.1 Å². The zero-order chi connectivity index (χ0) is 25.9. The molecule has 194 valence electrons. The molecule has 0 atom stereocenters. The lowest BCUT2D eigenvalue weighted by molar-refractivity contribution is -0.438. The highest BCUT2D eigenvalue weighted by Crippen LogP contribution is 2.41. The highest BCUT2D eigenvalue weighted by molar-refractivity contribution is 7.86. The third-order valence-electron chi connectivity index (χ3n) is 6.06. The summed E-state index contributed by atoms with van der Waals surface area (Å²) in [5.41, 5.74) is 3.18. The van der Waals surface area contributed by atoms with E-state index in [2.05, 4.69) is 0 Å². The number of hydrogen-bond acceptors (Lipinski definition) is 7. The normalized spacial score (nSPS) is 16.1. The van der Waals surface area contributed by atoms with Crippen molar-refractivity contribution in [3.8, 4) is 0 Å². The first-order valence-corrected chi connectivity index (χ1v) is 15.6. The third kappa shape index (κ3) is 8.27. The van der Waals surface area contributed by atoms with Gasteiger partial charge in [0.25, 0.3) is 30.4 Å². The molecular weight excluding hydrogens is 508 g/mol. The number of benzene rings is 1. The maximum absolute atomic E-state index is 11.1. The van der Waals surface area contributed by atoms with Crippen molar-refractivity contribution in [2.24, 2.45) is 0 Å². The van der Waals surface area contributed by atoms with Crippen LogP contribution in [0.4, 0.5) is 11.4 Å². The van der Waals surface area contributed by atoms with Gasteiger partial charge in [0.2, 0.25) is 5.69 Å². The Balaban J connectivity index is 2.31. The molecule has 1 aliphatic rings. The van der Waals surface area contributed by atoms with Gasteiger partial charge in [0.15, 0.2) is 5.71 Å². The molecule has 0 unspecified atom stereocenters. The number of fused-ring (bicyclic) bond motifs is 1. The van der Waals surface area contributed by atoms with E-state index >= 15 is 0 Å². The summed E-state index contributed by atoms with van der Waals surface area (Å²) in [6.45, 7) is 6.87. The van der Waals surface area contributed by atoms with Crippen molar-refractivity contribution in [3.63, 3.8) is 0 Å². The fraction of sp³-hybridized carbons (Fsp3) is 0.650. The monoisotopic (exact) mass is 541 g/mol. The van der Waals surface area contributed by atoms with Gasteiger partial charge in [-0.05, 0) is 38.8 Å². The van der Waals surface area contributed by atoms with Crippen LogP contribution in [0.1, 0.15) is 45.6 Å². The average Bonchev–Trinajstić information content (AvgIpc) is 2.84. The second kappa shape index (κ2) is 10.6. The number of rotatable bonds is 13. The van der Waals surface area contributed by atoms with Crippen molar-refractivity contribution in [1.29, 1.82) is 0 Å². The smallest absolute Gasteiger partial charge is 0.265 e. The van der Waals surface area contributed by atoms with Crippen molar-refractivity contribution in [3.05, 3.63) is 23.8 Å². The summed E-state index contributed by atoms with van der Waals surface area (Å²) in [6.07, 6.45) is 0.487. The van der Waals surface area contributed by atoms with Crippen LogP contribution < -0.4 is 4.90 Å². The van der Waals surface area contributed by atoms with Gasteiger partial charge in [-0.1, -0.05) is 0 Å². The van der Waals surface area contributed by atoms with Crippen LogP contribution in [-0.2, 0) is 35.8 Å². The van der Waals surface area contributed by atoms with E-state index in [1.807, 2.05) is 48.4 Å². The van der Waals surface area contributed by atoms with Crippen molar-refractivity contribution < 1.29 is 43.5 Å². The van der Waals surface area contributed by atoms with Gasteiger partial charge in [0.05, 0.1) is 22.7 Å². The summed E-state index contributed by atoms with van der Waals surface area (Å²) < 4.78 is 95.8. The molecule has 34 heavy (non-hydrogen) atoms. The molecule has 0 bridgehead atoms. The Labute approximate surface area is 201 Å². The minimum Gasteiger partial charge on any atom is -0.371 e. The third-order valence-corrected chi connectivity index (χ3v) is 8.48. The van der Waals surface area contributed by atoms with E-state index in [1.54, 1.807) is 0 Å². The van der Waals surface area contributed by atoms with Crippen LogP contribution in [0.3, 0.4) is 0 Å². The summed E-state index contributed by atoms with van der Waals surface area (Å²) in [4.78, 5) is 1.81. The molecule has 0 radical (unpaired) electrons. The second-order valence-electron chi connectivity index (χ2n) is 8.97. The van der Waals surface area contributed by atoms with Crippen LogP contribution >= 0.6 is 0 Å². The lowest BCUT2D eigenvalue weighted by Crippen LogP contribution is -2.29. The van der Waals surface area contributed by atoms with Crippen molar-refractivity contribution in [1.82, 2.24) is 0 Å². The summed E-state index contributed by atoms with van der Waals surface area (Å²) >= 11 is 0. The minimum atomic E-state index is -4.14. The standard InChI is InChI=1S/C20H32N2O9S3/c1-16-20(2,3)18-15-17(7-8-19(18)22(16)11-6-14-34(29,30)31)21(9-4-12-32(23,24)25)10-5-13-33(26,27)28/h7-8,15H,4-6,9-14H2,1-3H3,(H2-,23,24,25,26,27,28,29,30,31)/p+1. The van der Waals surface area contributed by atoms with Gasteiger partial charge >= 0.3 is 0 Å². The fourth-order valence-electron chi connectivity index (χ4n) is 4.11. The maximum atomic E-state index is 11.1. The molecule has 11 nitrogen and oxygen atoms in total. The second-order valence-corrected chi connectivity index (χ2v) is 13.7. The van der Waals surface area contributed by atoms with E-state index in [4.69, 9.17) is 13.7 Å². The first-order chi connectivity index (χ1) is 15.4. The van der Waals surface area contributed by atoms with Gasteiger partial charge in [0, 0.05) is 43.8 Å². The van der Waals surface area contributed by atoms with Gasteiger partial charge in [-0.2, -0.15) is 29.8 Å². The minimum absolute atomic E-state index is 0.123. The van der Waals surface area contributed by atoms with Gasteiger partial charge in [-0.3, -0.25) is 13.7 Å². The number of anilines is 1. The molecule has 1 aromatic carbocycles. The van der Waals surface area contributed by atoms with E-state index in [0.29, 0.717) is 6.54 Å².